The van der Waals surface area contributed by atoms with Crippen LogP contribution in [-0.2, 0) is 0 Å². The van der Waals surface area contributed by atoms with Crippen molar-refractivity contribution in [2.24, 2.45) is 29.1 Å². The van der Waals surface area contributed by atoms with Crippen molar-refractivity contribution >= 4 is 0 Å². The smallest absolute Gasteiger partial charge is 0.157 e. The highest BCUT2D eigenvalue weighted by atomic mass is 16.5. The molecule has 2 N–H and O–H groups in total. The Balaban J connectivity index is 1.64. The van der Waals surface area contributed by atoms with Crippen LogP contribution in [0.15, 0.2) is 11.6 Å². The van der Waals surface area contributed by atoms with E-state index in [9.17, 15) is 10.2 Å². The fourth-order valence-corrected chi connectivity index (χ4v) is 6.41. The van der Waals surface area contributed by atoms with Crippen LogP contribution in [0, 0.1) is 29.1 Å². The largest absolute Gasteiger partial charge is 0.368 e. The van der Waals surface area contributed by atoms with Crippen LogP contribution in [-0.4, -0.2) is 16.5 Å². The predicted octanol–water partition coefficient (Wildman–Crippen LogP) is 3.63. The third kappa shape index (κ3) is 1.77. The Morgan fingerprint density at radius 2 is 1.90 bits per heavy atom. The molecule has 2 heteroatoms. The number of allylic oxidation sites excluding steroid dienone is 2. The Kier molecular flexibility index (Phi) is 3.23. The third-order valence-electron chi connectivity index (χ3n) is 7.30. The van der Waals surface area contributed by atoms with Crippen LogP contribution in [0.25, 0.3) is 0 Å². The quantitative estimate of drug-likeness (QED) is 0.567. The topological polar surface area (TPSA) is 40.5 Å². The molecule has 0 bridgehead atoms. The molecule has 3 saturated carbocycles. The minimum atomic E-state index is -1.09. The second-order valence-electron chi connectivity index (χ2n) is 7.84. The van der Waals surface area contributed by atoms with Crippen LogP contribution in [0.1, 0.15) is 64.2 Å². The summed E-state index contributed by atoms with van der Waals surface area (Å²) < 4.78 is 0. The van der Waals surface area contributed by atoms with Crippen molar-refractivity contribution < 1.29 is 10.2 Å². The lowest BCUT2D eigenvalue weighted by atomic mass is 9.52. The van der Waals surface area contributed by atoms with Crippen molar-refractivity contribution in [3.05, 3.63) is 11.6 Å². The van der Waals surface area contributed by atoms with Gasteiger partial charge in [0.25, 0.3) is 0 Å². The van der Waals surface area contributed by atoms with Gasteiger partial charge in [-0.3, -0.25) is 0 Å². The summed E-state index contributed by atoms with van der Waals surface area (Å²) >= 11 is 0. The Morgan fingerprint density at radius 3 is 2.75 bits per heavy atom. The van der Waals surface area contributed by atoms with Crippen LogP contribution in [0.4, 0.5) is 0 Å². The lowest BCUT2D eigenvalue weighted by Gasteiger charge is -2.53. The van der Waals surface area contributed by atoms with E-state index in [0.717, 1.165) is 30.6 Å². The molecule has 0 aromatic rings. The van der Waals surface area contributed by atoms with Gasteiger partial charge in [-0.1, -0.05) is 24.5 Å². The molecule has 0 aromatic carbocycles. The van der Waals surface area contributed by atoms with Gasteiger partial charge in [0, 0.05) is 5.41 Å². The summed E-state index contributed by atoms with van der Waals surface area (Å²) in [5.74, 6) is 3.00. The van der Waals surface area contributed by atoms with Gasteiger partial charge in [0.1, 0.15) is 0 Å². The number of aliphatic hydroxyl groups is 2. The minimum absolute atomic E-state index is 0.152. The highest BCUT2D eigenvalue weighted by molar-refractivity contribution is 5.18. The van der Waals surface area contributed by atoms with Gasteiger partial charge in [0.15, 0.2) is 6.29 Å². The van der Waals surface area contributed by atoms with Gasteiger partial charge in [-0.05, 0) is 75.0 Å². The zero-order valence-electron chi connectivity index (χ0n) is 12.4. The van der Waals surface area contributed by atoms with E-state index in [1.54, 1.807) is 5.57 Å². The standard InChI is InChI=1S/C18H28O2/c19-17(20)18-10-3-6-16(18)15-8-7-12-4-1-2-5-13(12)14(15)9-11-18/h7,13-17,19-20H,1-6,8-11H2/t13-,14+,15+,16-,18+/m0/s1. The van der Waals surface area contributed by atoms with E-state index in [1.165, 1.54) is 51.4 Å². The van der Waals surface area contributed by atoms with E-state index in [2.05, 4.69) is 6.08 Å². The molecule has 0 aliphatic heterocycles. The van der Waals surface area contributed by atoms with E-state index < -0.39 is 6.29 Å². The SMILES string of the molecule is OC(O)[C@@]12CCC[C@H]1[C@@H]1CC=C3CCCC[C@@H]3[C@H]1CC2. The second-order valence-corrected chi connectivity index (χ2v) is 7.84. The normalized spacial score (nSPS) is 47.5. The maximum absolute atomic E-state index is 10.0. The average Bonchev–Trinajstić information content (AvgIpc) is 2.92. The zero-order chi connectivity index (χ0) is 13.7. The summed E-state index contributed by atoms with van der Waals surface area (Å²) in [7, 11) is 0. The van der Waals surface area contributed by atoms with Crippen molar-refractivity contribution in [1.82, 2.24) is 0 Å². The molecular formula is C18H28O2. The molecule has 5 atom stereocenters. The number of rotatable bonds is 1. The fourth-order valence-electron chi connectivity index (χ4n) is 6.41. The van der Waals surface area contributed by atoms with Crippen LogP contribution in [0.2, 0.25) is 0 Å². The average molecular weight is 276 g/mol. The lowest BCUT2D eigenvalue weighted by molar-refractivity contribution is -0.182. The second kappa shape index (κ2) is 4.84. The molecule has 0 aromatic heterocycles. The first-order valence-electron chi connectivity index (χ1n) is 8.77. The predicted molar refractivity (Wildman–Crippen MR) is 78.9 cm³/mol. The van der Waals surface area contributed by atoms with Gasteiger partial charge in [-0.15, -0.1) is 0 Å². The summed E-state index contributed by atoms with van der Waals surface area (Å²) in [5, 5.41) is 20.0. The molecule has 2 nitrogen and oxygen atoms in total. The maximum atomic E-state index is 10.0. The molecule has 20 heavy (non-hydrogen) atoms. The van der Waals surface area contributed by atoms with Gasteiger partial charge in [0.05, 0.1) is 0 Å². The fraction of sp³-hybridized carbons (Fsp3) is 0.889. The van der Waals surface area contributed by atoms with Gasteiger partial charge < -0.3 is 10.2 Å². The summed E-state index contributed by atoms with van der Waals surface area (Å²) in [6, 6.07) is 0. The molecule has 0 spiro atoms. The molecule has 0 radical (unpaired) electrons. The van der Waals surface area contributed by atoms with E-state index >= 15 is 0 Å². The maximum Gasteiger partial charge on any atom is 0.157 e. The highest BCUT2D eigenvalue weighted by Crippen LogP contribution is 2.62. The number of aliphatic hydroxyl groups excluding tert-OH is 1. The van der Waals surface area contributed by atoms with Gasteiger partial charge in [-0.2, -0.15) is 0 Å². The Morgan fingerprint density at radius 1 is 1.00 bits per heavy atom. The van der Waals surface area contributed by atoms with Crippen molar-refractivity contribution in [2.75, 3.05) is 0 Å². The van der Waals surface area contributed by atoms with Crippen LogP contribution in [0.5, 0.6) is 0 Å². The molecule has 4 aliphatic carbocycles. The first-order chi connectivity index (χ1) is 9.72. The molecule has 0 heterocycles. The molecule has 0 unspecified atom stereocenters. The number of hydrogen-bond donors (Lipinski definition) is 2. The molecule has 4 rings (SSSR count). The van der Waals surface area contributed by atoms with Gasteiger partial charge >= 0.3 is 0 Å². The Hall–Kier alpha value is -0.340. The van der Waals surface area contributed by atoms with E-state index in [0.29, 0.717) is 5.92 Å². The van der Waals surface area contributed by atoms with Crippen molar-refractivity contribution in [1.29, 1.82) is 0 Å². The van der Waals surface area contributed by atoms with Gasteiger partial charge in [-0.25, -0.2) is 0 Å². The first-order valence-corrected chi connectivity index (χ1v) is 8.77. The Bertz CT molecular complexity index is 414. The van der Waals surface area contributed by atoms with Crippen molar-refractivity contribution in [3.63, 3.8) is 0 Å². The first kappa shape index (κ1) is 13.3. The Labute approximate surface area is 122 Å². The number of hydrogen-bond acceptors (Lipinski definition) is 2. The number of fused-ring (bicyclic) bond motifs is 5. The summed E-state index contributed by atoms with van der Waals surface area (Å²) in [4.78, 5) is 0. The van der Waals surface area contributed by atoms with Crippen LogP contribution >= 0.6 is 0 Å². The summed E-state index contributed by atoms with van der Waals surface area (Å²) in [5.41, 5.74) is 1.61. The molecule has 0 saturated heterocycles. The third-order valence-corrected chi connectivity index (χ3v) is 7.30. The minimum Gasteiger partial charge on any atom is -0.368 e. The molecule has 0 amide bonds. The summed E-state index contributed by atoms with van der Waals surface area (Å²) in [6.07, 6.45) is 14.0. The lowest BCUT2D eigenvalue weighted by Crippen LogP contribution is -2.49. The molecular weight excluding hydrogens is 248 g/mol. The van der Waals surface area contributed by atoms with Crippen molar-refractivity contribution in [2.45, 2.75) is 70.5 Å². The monoisotopic (exact) mass is 276 g/mol. The molecule has 112 valence electrons. The molecule has 3 fully saturated rings. The van der Waals surface area contributed by atoms with E-state index in [4.69, 9.17) is 0 Å². The van der Waals surface area contributed by atoms with Crippen molar-refractivity contribution in [3.8, 4) is 0 Å². The van der Waals surface area contributed by atoms with E-state index in [1.807, 2.05) is 0 Å². The highest BCUT2D eigenvalue weighted by Gasteiger charge is 2.56. The van der Waals surface area contributed by atoms with E-state index in [-0.39, 0.29) is 5.41 Å². The van der Waals surface area contributed by atoms with Gasteiger partial charge in [0.2, 0.25) is 0 Å². The molecule has 4 aliphatic rings. The summed E-state index contributed by atoms with van der Waals surface area (Å²) in [6.45, 7) is 0. The van der Waals surface area contributed by atoms with Crippen LogP contribution in [0.3, 0.4) is 0 Å². The zero-order valence-corrected chi connectivity index (χ0v) is 12.4. The van der Waals surface area contributed by atoms with Crippen LogP contribution < -0.4 is 0 Å².